The molecular weight excluding hydrogens is 312 g/mol. The first-order valence-electron chi connectivity index (χ1n) is 5.69. The molecule has 0 aliphatic heterocycles. The normalized spacial score (nSPS) is 10.4. The van der Waals surface area contributed by atoms with Crippen molar-refractivity contribution < 1.29 is 9.32 Å². The Labute approximate surface area is 118 Å². The molecule has 1 aromatic heterocycles. The van der Waals surface area contributed by atoms with Crippen molar-refractivity contribution in [1.29, 1.82) is 0 Å². The summed E-state index contributed by atoms with van der Waals surface area (Å²) >= 11 is 3.29. The molecule has 1 aromatic carbocycles. The average Bonchev–Trinajstić information content (AvgIpc) is 2.78. The maximum atomic E-state index is 11.9. The molecule has 0 saturated heterocycles. The lowest BCUT2D eigenvalue weighted by Gasteiger charge is -2.07. The highest BCUT2D eigenvalue weighted by molar-refractivity contribution is 9.10. The van der Waals surface area contributed by atoms with Crippen molar-refractivity contribution in [3.8, 4) is 0 Å². The van der Waals surface area contributed by atoms with Gasteiger partial charge in [0.1, 0.15) is 0 Å². The van der Waals surface area contributed by atoms with Crippen LogP contribution in [0.2, 0.25) is 0 Å². The van der Waals surface area contributed by atoms with Gasteiger partial charge >= 0.3 is 0 Å². The van der Waals surface area contributed by atoms with Crippen molar-refractivity contribution in [3.05, 3.63) is 40.0 Å². The van der Waals surface area contributed by atoms with Crippen LogP contribution in [0.4, 0.5) is 5.69 Å². The number of hydrogen-bond acceptors (Lipinski definition) is 5. The van der Waals surface area contributed by atoms with Crippen LogP contribution in [0.25, 0.3) is 0 Å². The topological polar surface area (TPSA) is 94.0 Å². The van der Waals surface area contributed by atoms with E-state index in [4.69, 9.17) is 10.3 Å². The number of nitrogen functional groups attached to an aromatic ring is 1. The van der Waals surface area contributed by atoms with Crippen LogP contribution in [0.5, 0.6) is 0 Å². The van der Waals surface area contributed by atoms with Gasteiger partial charge in [-0.1, -0.05) is 11.2 Å². The van der Waals surface area contributed by atoms with Crippen LogP contribution < -0.4 is 11.1 Å². The summed E-state index contributed by atoms with van der Waals surface area (Å²) in [5, 5.41) is 6.45. The Morgan fingerprint density at radius 2 is 2.32 bits per heavy atom. The molecule has 2 aromatic rings. The molecule has 2 rings (SSSR count). The standard InChI is InChI=1S/C12H13BrN4O2/c1-7-16-10(19-17-7)5-6-15-12(18)8-3-2-4-9(14)11(8)13/h2-4H,5-6,14H2,1H3,(H,15,18). The van der Waals surface area contributed by atoms with Crippen molar-refractivity contribution >= 4 is 27.5 Å². The lowest BCUT2D eigenvalue weighted by Crippen LogP contribution is -2.26. The summed E-state index contributed by atoms with van der Waals surface area (Å²) in [5.41, 5.74) is 6.75. The summed E-state index contributed by atoms with van der Waals surface area (Å²) < 4.78 is 5.55. The third-order valence-electron chi connectivity index (χ3n) is 2.47. The first-order valence-corrected chi connectivity index (χ1v) is 6.48. The molecule has 100 valence electrons. The fourth-order valence-electron chi connectivity index (χ4n) is 1.54. The van der Waals surface area contributed by atoms with E-state index in [0.717, 1.165) is 0 Å². The van der Waals surface area contributed by atoms with Gasteiger partial charge in [-0.3, -0.25) is 4.79 Å². The second-order valence-corrected chi connectivity index (χ2v) is 4.74. The van der Waals surface area contributed by atoms with Crippen LogP contribution in [0.1, 0.15) is 22.1 Å². The van der Waals surface area contributed by atoms with Gasteiger partial charge in [0.25, 0.3) is 5.91 Å². The minimum atomic E-state index is -0.199. The third kappa shape index (κ3) is 3.31. The molecule has 0 fully saturated rings. The predicted octanol–water partition coefficient (Wildman–Crippen LogP) is 1.70. The Bertz CT molecular complexity index is 597. The predicted molar refractivity (Wildman–Crippen MR) is 73.6 cm³/mol. The number of nitrogens with zero attached hydrogens (tertiary/aromatic N) is 2. The number of benzene rings is 1. The highest BCUT2D eigenvalue weighted by Crippen LogP contribution is 2.23. The number of hydrogen-bond donors (Lipinski definition) is 2. The molecule has 0 saturated carbocycles. The number of carbonyl (C=O) groups is 1. The van der Waals surface area contributed by atoms with Gasteiger partial charge in [-0.2, -0.15) is 4.98 Å². The largest absolute Gasteiger partial charge is 0.398 e. The van der Waals surface area contributed by atoms with E-state index in [-0.39, 0.29) is 5.91 Å². The maximum Gasteiger partial charge on any atom is 0.252 e. The van der Waals surface area contributed by atoms with E-state index >= 15 is 0 Å². The zero-order valence-corrected chi connectivity index (χ0v) is 11.9. The summed E-state index contributed by atoms with van der Waals surface area (Å²) in [7, 11) is 0. The molecule has 6 nitrogen and oxygen atoms in total. The molecule has 3 N–H and O–H groups in total. The van der Waals surface area contributed by atoms with E-state index in [1.54, 1.807) is 25.1 Å². The molecule has 0 bridgehead atoms. The minimum absolute atomic E-state index is 0.199. The lowest BCUT2D eigenvalue weighted by molar-refractivity contribution is 0.0952. The van der Waals surface area contributed by atoms with Crippen molar-refractivity contribution in [3.63, 3.8) is 0 Å². The van der Waals surface area contributed by atoms with Gasteiger partial charge in [-0.25, -0.2) is 0 Å². The molecule has 1 amide bonds. The van der Waals surface area contributed by atoms with Crippen LogP contribution >= 0.6 is 15.9 Å². The number of amides is 1. The summed E-state index contributed by atoms with van der Waals surface area (Å²) in [6.45, 7) is 2.16. The molecule has 19 heavy (non-hydrogen) atoms. The molecule has 0 radical (unpaired) electrons. The number of nitrogens with two attached hydrogens (primary N) is 1. The highest BCUT2D eigenvalue weighted by Gasteiger charge is 2.11. The third-order valence-corrected chi connectivity index (χ3v) is 3.35. The lowest BCUT2D eigenvalue weighted by atomic mass is 10.2. The number of rotatable bonds is 4. The van der Waals surface area contributed by atoms with Gasteiger partial charge in [0.2, 0.25) is 5.89 Å². The van der Waals surface area contributed by atoms with Crippen molar-refractivity contribution in [2.75, 3.05) is 12.3 Å². The van der Waals surface area contributed by atoms with Crippen LogP contribution in [0, 0.1) is 6.92 Å². The Balaban J connectivity index is 1.93. The van der Waals surface area contributed by atoms with Crippen molar-refractivity contribution in [2.24, 2.45) is 0 Å². The number of aryl methyl sites for hydroxylation is 1. The summed E-state index contributed by atoms with van der Waals surface area (Å²) in [6.07, 6.45) is 0.493. The van der Waals surface area contributed by atoms with Crippen molar-refractivity contribution in [2.45, 2.75) is 13.3 Å². The van der Waals surface area contributed by atoms with Crippen LogP contribution in [-0.2, 0) is 6.42 Å². The van der Waals surface area contributed by atoms with E-state index in [2.05, 4.69) is 31.4 Å². The molecule has 7 heteroatoms. The Kier molecular flexibility index (Phi) is 4.16. The summed E-state index contributed by atoms with van der Waals surface area (Å²) in [6, 6.07) is 5.16. The van der Waals surface area contributed by atoms with Gasteiger partial charge in [0.05, 0.1) is 10.0 Å². The molecule has 0 aliphatic carbocycles. The second-order valence-electron chi connectivity index (χ2n) is 3.95. The molecule has 0 spiro atoms. The Hall–Kier alpha value is -1.89. The summed E-state index contributed by atoms with van der Waals surface area (Å²) in [4.78, 5) is 16.0. The van der Waals surface area contributed by atoms with E-state index in [9.17, 15) is 4.79 Å². The first kappa shape index (κ1) is 13.5. The van der Waals surface area contributed by atoms with E-state index in [0.29, 0.717) is 40.4 Å². The monoisotopic (exact) mass is 324 g/mol. The number of halogens is 1. The summed E-state index contributed by atoms with van der Waals surface area (Å²) in [5.74, 6) is 0.889. The van der Waals surface area contributed by atoms with E-state index < -0.39 is 0 Å². The van der Waals surface area contributed by atoms with Crippen LogP contribution in [0.3, 0.4) is 0 Å². The van der Waals surface area contributed by atoms with E-state index in [1.165, 1.54) is 0 Å². The fraction of sp³-hybridized carbons (Fsp3) is 0.250. The molecule has 1 heterocycles. The van der Waals surface area contributed by atoms with Gasteiger partial charge < -0.3 is 15.6 Å². The molecule has 0 aliphatic rings. The van der Waals surface area contributed by atoms with Crippen LogP contribution in [0.15, 0.2) is 27.2 Å². The highest BCUT2D eigenvalue weighted by atomic mass is 79.9. The van der Waals surface area contributed by atoms with Gasteiger partial charge in [-0.15, -0.1) is 0 Å². The van der Waals surface area contributed by atoms with Gasteiger partial charge in [0.15, 0.2) is 5.82 Å². The number of anilines is 1. The van der Waals surface area contributed by atoms with Gasteiger partial charge in [-0.05, 0) is 35.0 Å². The second kappa shape index (κ2) is 5.83. The molecule has 0 atom stereocenters. The smallest absolute Gasteiger partial charge is 0.252 e. The zero-order valence-electron chi connectivity index (χ0n) is 10.3. The minimum Gasteiger partial charge on any atom is -0.398 e. The number of carbonyl (C=O) groups excluding carboxylic acids is 1. The Morgan fingerprint density at radius 1 is 1.53 bits per heavy atom. The number of aromatic nitrogens is 2. The van der Waals surface area contributed by atoms with Crippen molar-refractivity contribution in [1.82, 2.24) is 15.5 Å². The quantitative estimate of drug-likeness (QED) is 0.835. The first-order chi connectivity index (χ1) is 9.08. The average molecular weight is 325 g/mol. The maximum absolute atomic E-state index is 11.9. The molecule has 0 unspecified atom stereocenters. The SMILES string of the molecule is Cc1noc(CCNC(=O)c2cccc(N)c2Br)n1. The van der Waals surface area contributed by atoms with Gasteiger partial charge in [0, 0.05) is 18.7 Å². The van der Waals surface area contributed by atoms with E-state index in [1.807, 2.05) is 0 Å². The van der Waals surface area contributed by atoms with Crippen LogP contribution in [-0.4, -0.2) is 22.6 Å². The Morgan fingerprint density at radius 3 is 3.00 bits per heavy atom. The molecular formula is C12H13BrN4O2. The zero-order chi connectivity index (χ0) is 13.8. The fourth-order valence-corrected chi connectivity index (χ4v) is 1.99. The number of nitrogens with one attached hydrogen (secondary N) is 1.